The summed E-state index contributed by atoms with van der Waals surface area (Å²) in [5, 5.41) is 5.48. The molecule has 114 valence electrons. The van der Waals surface area contributed by atoms with Gasteiger partial charge in [-0.1, -0.05) is 12.1 Å². The van der Waals surface area contributed by atoms with Gasteiger partial charge in [0, 0.05) is 18.2 Å². The van der Waals surface area contributed by atoms with Crippen LogP contribution in [-0.4, -0.2) is 11.8 Å². The smallest absolute Gasteiger partial charge is 0.251 e. The second kappa shape index (κ2) is 6.85. The first kappa shape index (κ1) is 15.7. The molecule has 0 aromatic heterocycles. The van der Waals surface area contributed by atoms with E-state index in [2.05, 4.69) is 10.6 Å². The van der Waals surface area contributed by atoms with Crippen molar-refractivity contribution in [1.29, 1.82) is 0 Å². The van der Waals surface area contributed by atoms with Gasteiger partial charge in [0.15, 0.2) is 0 Å². The first-order valence-corrected chi connectivity index (χ1v) is 6.89. The summed E-state index contributed by atoms with van der Waals surface area (Å²) in [5.41, 5.74) is 1.95. The van der Waals surface area contributed by atoms with Gasteiger partial charge in [0.05, 0.1) is 6.04 Å². The highest BCUT2D eigenvalue weighted by Crippen LogP contribution is 2.15. The number of halogens is 1. The topological polar surface area (TPSA) is 58.2 Å². The SMILES string of the molecule is CC(=O)Nc1ccc(C(=O)N[C@@H](C)c2ccc(F)cc2)cc1. The molecule has 0 heterocycles. The predicted molar refractivity (Wildman–Crippen MR) is 83.0 cm³/mol. The molecular weight excluding hydrogens is 283 g/mol. The Morgan fingerprint density at radius 1 is 1.00 bits per heavy atom. The van der Waals surface area contributed by atoms with Crippen molar-refractivity contribution >= 4 is 17.5 Å². The summed E-state index contributed by atoms with van der Waals surface area (Å²) in [4.78, 5) is 23.1. The maximum absolute atomic E-state index is 12.9. The Kier molecular flexibility index (Phi) is 4.88. The van der Waals surface area contributed by atoms with Gasteiger partial charge in [-0.15, -0.1) is 0 Å². The summed E-state index contributed by atoms with van der Waals surface area (Å²) in [7, 11) is 0. The lowest BCUT2D eigenvalue weighted by Crippen LogP contribution is -2.26. The van der Waals surface area contributed by atoms with Crippen molar-refractivity contribution in [3.05, 3.63) is 65.5 Å². The van der Waals surface area contributed by atoms with Gasteiger partial charge in [-0.3, -0.25) is 9.59 Å². The minimum atomic E-state index is -0.309. The highest BCUT2D eigenvalue weighted by atomic mass is 19.1. The molecule has 0 fully saturated rings. The largest absolute Gasteiger partial charge is 0.346 e. The monoisotopic (exact) mass is 300 g/mol. The minimum Gasteiger partial charge on any atom is -0.346 e. The molecule has 0 unspecified atom stereocenters. The molecule has 0 spiro atoms. The molecule has 2 aromatic rings. The summed E-state index contributed by atoms with van der Waals surface area (Å²) < 4.78 is 12.9. The molecule has 0 radical (unpaired) electrons. The number of carbonyl (C=O) groups excluding carboxylic acids is 2. The van der Waals surface area contributed by atoms with E-state index in [1.165, 1.54) is 19.1 Å². The molecule has 0 bridgehead atoms. The summed E-state index contributed by atoms with van der Waals surface area (Å²) in [5.74, 6) is -0.704. The molecule has 4 nitrogen and oxygen atoms in total. The van der Waals surface area contributed by atoms with Crippen LogP contribution in [0.2, 0.25) is 0 Å². The predicted octanol–water partition coefficient (Wildman–Crippen LogP) is 3.28. The molecule has 0 aliphatic rings. The quantitative estimate of drug-likeness (QED) is 0.910. The molecule has 0 aliphatic carbocycles. The van der Waals surface area contributed by atoms with Crippen molar-refractivity contribution in [2.45, 2.75) is 19.9 Å². The van der Waals surface area contributed by atoms with E-state index in [-0.39, 0.29) is 23.7 Å². The highest BCUT2D eigenvalue weighted by Gasteiger charge is 2.11. The molecule has 5 heteroatoms. The lowest BCUT2D eigenvalue weighted by molar-refractivity contribution is -0.114. The molecule has 2 N–H and O–H groups in total. The average Bonchev–Trinajstić information content (AvgIpc) is 2.48. The van der Waals surface area contributed by atoms with Gasteiger partial charge in [0.2, 0.25) is 5.91 Å². The van der Waals surface area contributed by atoms with E-state index in [1.807, 2.05) is 6.92 Å². The van der Waals surface area contributed by atoms with Crippen LogP contribution in [0.4, 0.5) is 10.1 Å². The van der Waals surface area contributed by atoms with Gasteiger partial charge in [0.25, 0.3) is 5.91 Å². The second-order valence-electron chi connectivity index (χ2n) is 5.01. The van der Waals surface area contributed by atoms with Crippen molar-refractivity contribution in [1.82, 2.24) is 5.32 Å². The summed E-state index contributed by atoms with van der Waals surface area (Å²) in [6, 6.07) is 12.4. The van der Waals surface area contributed by atoms with E-state index in [4.69, 9.17) is 0 Å². The van der Waals surface area contributed by atoms with Gasteiger partial charge in [0.1, 0.15) is 5.82 Å². The second-order valence-corrected chi connectivity index (χ2v) is 5.01. The van der Waals surface area contributed by atoms with Gasteiger partial charge >= 0.3 is 0 Å². The maximum atomic E-state index is 12.9. The molecule has 2 rings (SSSR count). The Balaban J connectivity index is 2.02. The van der Waals surface area contributed by atoms with Crippen molar-refractivity contribution in [3.8, 4) is 0 Å². The van der Waals surface area contributed by atoms with Crippen LogP contribution in [-0.2, 0) is 4.79 Å². The Hall–Kier alpha value is -2.69. The van der Waals surface area contributed by atoms with Crippen molar-refractivity contribution in [2.75, 3.05) is 5.32 Å². The van der Waals surface area contributed by atoms with Crippen molar-refractivity contribution in [2.24, 2.45) is 0 Å². The fourth-order valence-corrected chi connectivity index (χ4v) is 2.02. The molecule has 22 heavy (non-hydrogen) atoms. The van der Waals surface area contributed by atoms with E-state index in [1.54, 1.807) is 36.4 Å². The van der Waals surface area contributed by atoms with E-state index < -0.39 is 0 Å². The van der Waals surface area contributed by atoms with E-state index in [0.717, 1.165) is 5.56 Å². The summed E-state index contributed by atoms with van der Waals surface area (Å²) >= 11 is 0. The minimum absolute atomic E-state index is 0.165. The van der Waals surface area contributed by atoms with Crippen LogP contribution >= 0.6 is 0 Å². The number of nitrogens with one attached hydrogen (secondary N) is 2. The Morgan fingerprint density at radius 3 is 2.14 bits per heavy atom. The van der Waals surface area contributed by atoms with Gasteiger partial charge in [-0.2, -0.15) is 0 Å². The number of rotatable bonds is 4. The van der Waals surface area contributed by atoms with Gasteiger partial charge < -0.3 is 10.6 Å². The average molecular weight is 300 g/mol. The Bertz CT molecular complexity index is 666. The number of amides is 2. The number of hydrogen-bond donors (Lipinski definition) is 2. The Morgan fingerprint density at radius 2 is 1.59 bits per heavy atom. The number of hydrogen-bond acceptors (Lipinski definition) is 2. The third-order valence-corrected chi connectivity index (χ3v) is 3.19. The fourth-order valence-electron chi connectivity index (χ4n) is 2.02. The molecule has 0 aliphatic heterocycles. The normalized spacial score (nSPS) is 11.6. The highest BCUT2D eigenvalue weighted by molar-refractivity contribution is 5.95. The van der Waals surface area contributed by atoms with E-state index in [9.17, 15) is 14.0 Å². The van der Waals surface area contributed by atoms with Crippen molar-refractivity contribution in [3.63, 3.8) is 0 Å². The Labute approximate surface area is 128 Å². The molecule has 0 saturated heterocycles. The molecule has 2 aromatic carbocycles. The molecular formula is C17H17FN2O2. The summed E-state index contributed by atoms with van der Waals surface area (Å²) in [6.45, 7) is 3.25. The van der Waals surface area contributed by atoms with Gasteiger partial charge in [-0.05, 0) is 48.9 Å². The van der Waals surface area contributed by atoms with E-state index in [0.29, 0.717) is 11.3 Å². The third kappa shape index (κ3) is 4.15. The zero-order valence-electron chi connectivity index (χ0n) is 12.4. The van der Waals surface area contributed by atoms with E-state index >= 15 is 0 Å². The molecule has 1 atom stereocenters. The van der Waals surface area contributed by atoms with Crippen LogP contribution in [0.3, 0.4) is 0 Å². The first-order chi connectivity index (χ1) is 10.5. The summed E-state index contributed by atoms with van der Waals surface area (Å²) in [6.07, 6.45) is 0. The molecule has 2 amide bonds. The number of benzene rings is 2. The molecule has 0 saturated carbocycles. The lowest BCUT2D eigenvalue weighted by atomic mass is 10.1. The van der Waals surface area contributed by atoms with Crippen LogP contribution in [0.25, 0.3) is 0 Å². The van der Waals surface area contributed by atoms with Crippen LogP contribution in [0.15, 0.2) is 48.5 Å². The van der Waals surface area contributed by atoms with Crippen molar-refractivity contribution < 1.29 is 14.0 Å². The fraction of sp³-hybridized carbons (Fsp3) is 0.176. The van der Waals surface area contributed by atoms with Crippen LogP contribution in [0.5, 0.6) is 0 Å². The van der Waals surface area contributed by atoms with Crippen LogP contribution in [0, 0.1) is 5.82 Å². The zero-order valence-corrected chi connectivity index (χ0v) is 12.4. The first-order valence-electron chi connectivity index (χ1n) is 6.89. The van der Waals surface area contributed by atoms with Gasteiger partial charge in [-0.25, -0.2) is 4.39 Å². The third-order valence-electron chi connectivity index (χ3n) is 3.19. The lowest BCUT2D eigenvalue weighted by Gasteiger charge is -2.14. The van der Waals surface area contributed by atoms with Crippen LogP contribution in [0.1, 0.15) is 35.8 Å². The number of anilines is 1. The number of carbonyl (C=O) groups is 2. The van der Waals surface area contributed by atoms with Crippen LogP contribution < -0.4 is 10.6 Å². The zero-order chi connectivity index (χ0) is 16.1. The standard InChI is InChI=1S/C17H17FN2O2/c1-11(13-3-7-15(18)8-4-13)19-17(22)14-5-9-16(10-6-14)20-12(2)21/h3-11H,1-2H3,(H,19,22)(H,20,21)/t11-/m0/s1. The maximum Gasteiger partial charge on any atom is 0.251 e.